The lowest BCUT2D eigenvalue weighted by atomic mass is 10.2. The van der Waals surface area contributed by atoms with E-state index in [2.05, 4.69) is 16.2 Å². The quantitative estimate of drug-likeness (QED) is 0.242. The van der Waals surface area contributed by atoms with Crippen LogP contribution < -0.4 is 16.2 Å². The van der Waals surface area contributed by atoms with E-state index in [-0.39, 0.29) is 11.9 Å². The zero-order valence-electron chi connectivity index (χ0n) is 11.5. The highest BCUT2D eigenvalue weighted by atomic mass is 16.4. The van der Waals surface area contributed by atoms with Gasteiger partial charge in [0.2, 0.25) is 5.91 Å². The number of carboxylic acid groups (broad SMARTS) is 2. The second-order valence-corrected chi connectivity index (χ2v) is 3.97. The van der Waals surface area contributed by atoms with Crippen LogP contribution in [-0.2, 0) is 14.4 Å². The summed E-state index contributed by atoms with van der Waals surface area (Å²) in [6.07, 6.45) is 2.59. The van der Waals surface area contributed by atoms with Crippen molar-refractivity contribution in [2.45, 2.75) is 39.2 Å². The van der Waals surface area contributed by atoms with Crippen molar-refractivity contribution in [2.24, 2.45) is 0 Å². The molecule has 0 aliphatic carbocycles. The fourth-order valence-corrected chi connectivity index (χ4v) is 1.02. The molecule has 0 unspecified atom stereocenters. The summed E-state index contributed by atoms with van der Waals surface area (Å²) in [6.45, 7) is 4.85. The van der Waals surface area contributed by atoms with E-state index in [9.17, 15) is 4.79 Å². The molecule has 112 valence electrons. The predicted octanol–water partition coefficient (Wildman–Crippen LogP) is -0.439. The SMILES string of the molecule is CNNCCCCC(=O)NC(C)C.O=C(O)C(=O)O. The molecule has 0 atom stereocenters. The van der Waals surface area contributed by atoms with Crippen molar-refractivity contribution in [1.82, 2.24) is 16.2 Å². The number of rotatable bonds is 7. The van der Waals surface area contributed by atoms with Gasteiger partial charge in [0.15, 0.2) is 0 Å². The molecule has 0 aromatic rings. The predicted molar refractivity (Wildman–Crippen MR) is 69.5 cm³/mol. The molecule has 0 radical (unpaired) electrons. The van der Waals surface area contributed by atoms with Gasteiger partial charge in [-0.3, -0.25) is 15.6 Å². The molecule has 8 heteroatoms. The van der Waals surface area contributed by atoms with E-state index in [0.29, 0.717) is 6.42 Å². The van der Waals surface area contributed by atoms with Gasteiger partial charge >= 0.3 is 11.9 Å². The molecule has 0 spiro atoms. The van der Waals surface area contributed by atoms with Crippen molar-refractivity contribution in [2.75, 3.05) is 13.6 Å². The molecule has 0 aliphatic heterocycles. The number of amides is 1. The first kappa shape index (κ1) is 19.7. The third-order valence-corrected chi connectivity index (χ3v) is 1.77. The average Bonchev–Trinajstić information content (AvgIpc) is 2.28. The number of carbonyl (C=O) groups is 3. The van der Waals surface area contributed by atoms with Crippen molar-refractivity contribution in [3.8, 4) is 0 Å². The van der Waals surface area contributed by atoms with Gasteiger partial charge in [-0.15, -0.1) is 0 Å². The molecule has 0 saturated heterocycles. The lowest BCUT2D eigenvalue weighted by Crippen LogP contribution is -2.30. The van der Waals surface area contributed by atoms with Crippen LogP contribution in [0, 0.1) is 0 Å². The van der Waals surface area contributed by atoms with Crippen LogP contribution >= 0.6 is 0 Å². The van der Waals surface area contributed by atoms with E-state index in [1.165, 1.54) is 0 Å². The number of unbranched alkanes of at least 4 members (excludes halogenated alkanes) is 1. The number of carboxylic acids is 2. The highest BCUT2D eigenvalue weighted by molar-refractivity contribution is 6.27. The van der Waals surface area contributed by atoms with E-state index >= 15 is 0 Å². The summed E-state index contributed by atoms with van der Waals surface area (Å²) in [5, 5.41) is 17.6. The number of nitrogens with one attached hydrogen (secondary N) is 3. The van der Waals surface area contributed by atoms with Crippen LogP contribution in [0.15, 0.2) is 0 Å². The van der Waals surface area contributed by atoms with Crippen molar-refractivity contribution in [1.29, 1.82) is 0 Å². The number of aliphatic carboxylic acids is 2. The van der Waals surface area contributed by atoms with Crippen molar-refractivity contribution < 1.29 is 24.6 Å². The maximum atomic E-state index is 11.1. The molecule has 0 bridgehead atoms. The van der Waals surface area contributed by atoms with Crippen molar-refractivity contribution in [3.05, 3.63) is 0 Å². The highest BCUT2D eigenvalue weighted by Gasteiger charge is 2.04. The molecule has 8 nitrogen and oxygen atoms in total. The van der Waals surface area contributed by atoms with Crippen LogP contribution in [0.25, 0.3) is 0 Å². The van der Waals surface area contributed by atoms with Crippen LogP contribution in [0.1, 0.15) is 33.1 Å². The van der Waals surface area contributed by atoms with E-state index in [0.717, 1.165) is 19.4 Å². The van der Waals surface area contributed by atoms with E-state index < -0.39 is 11.9 Å². The second kappa shape index (κ2) is 12.8. The Morgan fingerprint density at radius 2 is 1.58 bits per heavy atom. The van der Waals surface area contributed by atoms with Gasteiger partial charge in [-0.1, -0.05) is 0 Å². The summed E-state index contributed by atoms with van der Waals surface area (Å²) in [5.41, 5.74) is 5.82. The zero-order valence-corrected chi connectivity index (χ0v) is 11.5. The maximum absolute atomic E-state index is 11.1. The molecule has 0 aromatic carbocycles. The van der Waals surface area contributed by atoms with Gasteiger partial charge in [0.1, 0.15) is 0 Å². The van der Waals surface area contributed by atoms with Gasteiger partial charge in [-0.25, -0.2) is 9.59 Å². The molecule has 0 aliphatic rings. The Morgan fingerprint density at radius 3 is 1.95 bits per heavy atom. The molecule has 0 aromatic heterocycles. The molecule has 0 heterocycles. The minimum absolute atomic E-state index is 0.152. The van der Waals surface area contributed by atoms with Gasteiger partial charge in [-0.05, 0) is 33.7 Å². The minimum Gasteiger partial charge on any atom is -0.473 e. The normalized spacial score (nSPS) is 9.47. The van der Waals surface area contributed by atoms with Gasteiger partial charge in [0.25, 0.3) is 0 Å². The molecule has 0 fully saturated rings. The third-order valence-electron chi connectivity index (χ3n) is 1.77. The van der Waals surface area contributed by atoms with E-state index in [1.807, 2.05) is 20.9 Å². The molecule has 19 heavy (non-hydrogen) atoms. The largest absolute Gasteiger partial charge is 0.473 e. The number of carbonyl (C=O) groups excluding carboxylic acids is 1. The molecular formula is C11H23N3O5. The minimum atomic E-state index is -1.82. The lowest BCUT2D eigenvalue weighted by molar-refractivity contribution is -0.159. The Balaban J connectivity index is 0. The Labute approximate surface area is 112 Å². The fraction of sp³-hybridized carbons (Fsp3) is 0.727. The Hall–Kier alpha value is -1.67. The third kappa shape index (κ3) is 18.9. The standard InChI is InChI=1S/C9H21N3O.C2H2O4/c1-8(2)12-9(13)6-4-5-7-11-10-3;3-1(4)2(5)6/h8,10-11H,4-7H2,1-3H3,(H,12,13);(H,3,4)(H,5,6). The first-order chi connectivity index (χ1) is 8.81. The molecule has 1 amide bonds. The first-order valence-electron chi connectivity index (χ1n) is 5.96. The summed E-state index contributed by atoms with van der Waals surface area (Å²) in [7, 11) is 1.84. The van der Waals surface area contributed by atoms with Gasteiger partial charge in [-0.2, -0.15) is 0 Å². The Morgan fingerprint density at radius 1 is 1.05 bits per heavy atom. The molecule has 0 saturated carbocycles. The second-order valence-electron chi connectivity index (χ2n) is 3.97. The number of hydrogen-bond acceptors (Lipinski definition) is 5. The van der Waals surface area contributed by atoms with E-state index in [4.69, 9.17) is 19.8 Å². The van der Waals surface area contributed by atoms with Gasteiger partial charge in [0.05, 0.1) is 0 Å². The monoisotopic (exact) mass is 277 g/mol. The summed E-state index contributed by atoms with van der Waals surface area (Å²) < 4.78 is 0. The van der Waals surface area contributed by atoms with Crippen LogP contribution in [0.4, 0.5) is 0 Å². The van der Waals surface area contributed by atoms with Crippen LogP contribution in [0.3, 0.4) is 0 Å². The van der Waals surface area contributed by atoms with Crippen LogP contribution in [0.5, 0.6) is 0 Å². The summed E-state index contributed by atoms with van der Waals surface area (Å²) in [5.74, 6) is -3.50. The summed E-state index contributed by atoms with van der Waals surface area (Å²) in [6, 6.07) is 0.253. The summed E-state index contributed by atoms with van der Waals surface area (Å²) >= 11 is 0. The highest BCUT2D eigenvalue weighted by Crippen LogP contribution is 1.94. The average molecular weight is 277 g/mol. The van der Waals surface area contributed by atoms with Gasteiger partial charge < -0.3 is 15.5 Å². The fourth-order valence-electron chi connectivity index (χ4n) is 1.02. The molecule has 5 N–H and O–H groups in total. The summed E-state index contributed by atoms with van der Waals surface area (Å²) in [4.78, 5) is 29.3. The zero-order chi connectivity index (χ0) is 15.3. The molecular weight excluding hydrogens is 254 g/mol. The van der Waals surface area contributed by atoms with Gasteiger partial charge in [0, 0.05) is 19.0 Å². The van der Waals surface area contributed by atoms with Crippen molar-refractivity contribution >= 4 is 17.8 Å². The van der Waals surface area contributed by atoms with Crippen LogP contribution in [-0.4, -0.2) is 47.7 Å². The smallest absolute Gasteiger partial charge is 0.414 e. The van der Waals surface area contributed by atoms with Crippen LogP contribution in [0.2, 0.25) is 0 Å². The Bertz CT molecular complexity index is 270. The topological polar surface area (TPSA) is 128 Å². The first-order valence-corrected chi connectivity index (χ1v) is 5.96. The number of hydrazine groups is 1. The molecule has 0 rings (SSSR count). The lowest BCUT2D eigenvalue weighted by Gasteiger charge is -2.07. The van der Waals surface area contributed by atoms with Crippen molar-refractivity contribution in [3.63, 3.8) is 0 Å². The number of hydrogen-bond donors (Lipinski definition) is 5. The maximum Gasteiger partial charge on any atom is 0.414 e. The Kier molecular flexibility index (Phi) is 13.2. The van der Waals surface area contributed by atoms with E-state index in [1.54, 1.807) is 0 Å².